The van der Waals surface area contributed by atoms with E-state index in [1.807, 2.05) is 0 Å². The Bertz CT molecular complexity index is 1240. The van der Waals surface area contributed by atoms with Crippen molar-refractivity contribution in [2.75, 3.05) is 17.2 Å². The molecule has 36 heavy (non-hydrogen) atoms. The first kappa shape index (κ1) is 26.1. The van der Waals surface area contributed by atoms with Gasteiger partial charge in [-0.1, -0.05) is 25.0 Å². The average Bonchev–Trinajstić information content (AvgIpc) is 3.37. The lowest BCUT2D eigenvalue weighted by Gasteiger charge is -2.12. The smallest absolute Gasteiger partial charge is 0.416 e. The molecule has 0 spiro atoms. The number of benzene rings is 1. The lowest BCUT2D eigenvalue weighted by atomic mass is 9.96. The minimum absolute atomic E-state index is 0.115. The molecule has 1 aromatic carbocycles. The molecule has 7 nitrogen and oxygen atoms in total. The van der Waals surface area contributed by atoms with Gasteiger partial charge in [0.2, 0.25) is 5.95 Å². The van der Waals surface area contributed by atoms with Crippen molar-refractivity contribution < 1.29 is 22.7 Å². The SMILES string of the molecule is CCOC(=O)c1c(NC(=S)Nc2ncn(Cc3cccc(C(F)(F)F)c3)n2)sc2c1CCCCCC2. The van der Waals surface area contributed by atoms with Crippen molar-refractivity contribution in [3.63, 3.8) is 0 Å². The van der Waals surface area contributed by atoms with Gasteiger partial charge in [0.05, 0.1) is 24.3 Å². The van der Waals surface area contributed by atoms with Crippen molar-refractivity contribution in [1.29, 1.82) is 0 Å². The van der Waals surface area contributed by atoms with E-state index in [2.05, 4.69) is 20.7 Å². The van der Waals surface area contributed by atoms with Crippen LogP contribution in [0.2, 0.25) is 0 Å². The maximum absolute atomic E-state index is 13.0. The minimum Gasteiger partial charge on any atom is -0.462 e. The fourth-order valence-electron chi connectivity index (χ4n) is 4.12. The van der Waals surface area contributed by atoms with Crippen LogP contribution in [0, 0.1) is 0 Å². The molecule has 0 radical (unpaired) electrons. The first-order valence-electron chi connectivity index (χ1n) is 11.7. The topological polar surface area (TPSA) is 81.1 Å². The predicted molar refractivity (Wildman–Crippen MR) is 137 cm³/mol. The second-order valence-corrected chi connectivity index (χ2v) is 9.90. The van der Waals surface area contributed by atoms with E-state index < -0.39 is 11.7 Å². The zero-order chi connectivity index (χ0) is 25.7. The van der Waals surface area contributed by atoms with Crippen molar-refractivity contribution in [1.82, 2.24) is 14.8 Å². The van der Waals surface area contributed by atoms with Gasteiger partial charge in [-0.3, -0.25) is 5.32 Å². The van der Waals surface area contributed by atoms with E-state index in [9.17, 15) is 18.0 Å². The van der Waals surface area contributed by atoms with Gasteiger partial charge in [-0.2, -0.15) is 13.2 Å². The van der Waals surface area contributed by atoms with Gasteiger partial charge in [-0.15, -0.1) is 16.4 Å². The summed E-state index contributed by atoms with van der Waals surface area (Å²) in [4.78, 5) is 18.1. The number of nitrogens with one attached hydrogen (secondary N) is 2. The number of fused-ring (bicyclic) bond motifs is 1. The molecule has 0 saturated carbocycles. The number of aromatic nitrogens is 3. The summed E-state index contributed by atoms with van der Waals surface area (Å²) in [5.74, 6) is -0.184. The van der Waals surface area contributed by atoms with E-state index in [0.717, 1.165) is 49.8 Å². The quantitative estimate of drug-likeness (QED) is 0.293. The number of rotatable bonds is 6. The Morgan fingerprint density at radius 2 is 1.97 bits per heavy atom. The molecule has 2 heterocycles. The van der Waals surface area contributed by atoms with E-state index >= 15 is 0 Å². The monoisotopic (exact) mass is 537 g/mol. The van der Waals surface area contributed by atoms with Crippen LogP contribution >= 0.6 is 23.6 Å². The van der Waals surface area contributed by atoms with E-state index in [4.69, 9.17) is 17.0 Å². The molecule has 3 aromatic rings. The summed E-state index contributed by atoms with van der Waals surface area (Å²) >= 11 is 6.95. The zero-order valence-electron chi connectivity index (χ0n) is 19.7. The van der Waals surface area contributed by atoms with E-state index in [1.165, 1.54) is 39.7 Å². The van der Waals surface area contributed by atoms with Gasteiger partial charge in [0.15, 0.2) is 5.11 Å². The van der Waals surface area contributed by atoms with Crippen LogP contribution in [-0.4, -0.2) is 32.5 Å². The van der Waals surface area contributed by atoms with Crippen LogP contribution in [0.3, 0.4) is 0 Å². The Labute approximate surface area is 216 Å². The van der Waals surface area contributed by atoms with Gasteiger partial charge in [0.25, 0.3) is 0 Å². The first-order valence-corrected chi connectivity index (χ1v) is 12.9. The molecule has 0 saturated heterocycles. The third-order valence-electron chi connectivity index (χ3n) is 5.74. The Hall–Kier alpha value is -2.99. The molecule has 0 unspecified atom stereocenters. The Balaban J connectivity index is 1.46. The van der Waals surface area contributed by atoms with Gasteiger partial charge in [0, 0.05) is 4.88 Å². The summed E-state index contributed by atoms with van der Waals surface area (Å²) < 4.78 is 45.7. The Morgan fingerprint density at radius 3 is 2.72 bits per heavy atom. The highest BCUT2D eigenvalue weighted by Gasteiger charge is 2.30. The number of carbonyl (C=O) groups excluding carboxylic acids is 1. The Kier molecular flexibility index (Phi) is 8.24. The molecule has 0 aliphatic heterocycles. The van der Waals surface area contributed by atoms with Crippen molar-refractivity contribution in [3.05, 3.63) is 57.7 Å². The van der Waals surface area contributed by atoms with Crippen molar-refractivity contribution in [2.45, 2.75) is 58.2 Å². The molecule has 192 valence electrons. The fraction of sp³-hybridized carbons (Fsp3) is 0.417. The van der Waals surface area contributed by atoms with Gasteiger partial charge in [0.1, 0.15) is 11.3 Å². The van der Waals surface area contributed by atoms with Crippen LogP contribution in [-0.2, 0) is 30.3 Å². The highest BCUT2D eigenvalue weighted by molar-refractivity contribution is 7.80. The third-order valence-corrected chi connectivity index (χ3v) is 7.15. The number of hydrogen-bond acceptors (Lipinski definition) is 6. The van der Waals surface area contributed by atoms with Crippen molar-refractivity contribution in [2.24, 2.45) is 0 Å². The highest BCUT2D eigenvalue weighted by Crippen LogP contribution is 2.37. The minimum atomic E-state index is -4.41. The maximum atomic E-state index is 13.0. The molecule has 1 aliphatic rings. The van der Waals surface area contributed by atoms with Crippen LogP contribution < -0.4 is 10.6 Å². The second kappa shape index (κ2) is 11.4. The molecule has 1 aliphatic carbocycles. The molecular weight excluding hydrogens is 511 g/mol. The molecule has 0 bridgehead atoms. The van der Waals surface area contributed by atoms with Crippen molar-refractivity contribution >= 4 is 45.6 Å². The first-order chi connectivity index (χ1) is 17.2. The summed E-state index contributed by atoms with van der Waals surface area (Å²) in [5, 5.41) is 11.1. The number of hydrogen-bond donors (Lipinski definition) is 2. The highest BCUT2D eigenvalue weighted by atomic mass is 32.1. The van der Waals surface area contributed by atoms with Crippen molar-refractivity contribution in [3.8, 4) is 0 Å². The Morgan fingerprint density at radius 1 is 1.19 bits per heavy atom. The number of thiocarbonyl (C=S) groups is 1. The molecule has 2 N–H and O–H groups in total. The van der Waals surface area contributed by atoms with Crippen LogP contribution in [0.1, 0.15) is 64.5 Å². The fourth-order valence-corrected chi connectivity index (χ4v) is 5.66. The number of esters is 1. The molecule has 0 atom stereocenters. The number of aryl methyl sites for hydroxylation is 1. The standard InChI is InChI=1S/C24H26F3N5O2S2/c1-2-34-21(33)19-17-10-5-3-4-6-11-18(17)36-20(19)29-23(35)30-22-28-14-32(31-22)13-15-8-7-9-16(12-15)24(25,26)27/h7-9,12,14H,2-6,10-11,13H2,1H3,(H2,29,30,31,35). The van der Waals surface area contributed by atoms with Gasteiger partial charge >= 0.3 is 12.1 Å². The van der Waals surface area contributed by atoms with Crippen LogP contribution in [0.4, 0.5) is 24.1 Å². The summed E-state index contributed by atoms with van der Waals surface area (Å²) in [6.07, 6.45) is 3.13. The number of anilines is 2. The van der Waals surface area contributed by atoms with Crippen LogP contribution in [0.5, 0.6) is 0 Å². The van der Waals surface area contributed by atoms with E-state index in [-0.39, 0.29) is 30.2 Å². The summed E-state index contributed by atoms with van der Waals surface area (Å²) in [5.41, 5.74) is 1.29. The van der Waals surface area contributed by atoms with Gasteiger partial charge < -0.3 is 10.1 Å². The van der Waals surface area contributed by atoms with E-state index in [1.54, 1.807) is 13.0 Å². The lowest BCUT2D eigenvalue weighted by Crippen LogP contribution is -2.21. The third kappa shape index (κ3) is 6.41. The van der Waals surface area contributed by atoms with Gasteiger partial charge in [-0.05, 0) is 68.1 Å². The normalized spacial score (nSPS) is 13.9. The molecule has 12 heteroatoms. The number of thiophene rings is 1. The zero-order valence-corrected chi connectivity index (χ0v) is 21.3. The second-order valence-electron chi connectivity index (χ2n) is 8.39. The van der Waals surface area contributed by atoms with Gasteiger partial charge in [-0.25, -0.2) is 14.5 Å². The summed E-state index contributed by atoms with van der Waals surface area (Å²) in [7, 11) is 0. The van der Waals surface area contributed by atoms with E-state index in [0.29, 0.717) is 16.1 Å². The summed E-state index contributed by atoms with van der Waals surface area (Å²) in [6.45, 7) is 2.16. The molecule has 0 amide bonds. The van der Waals surface area contributed by atoms with Crippen LogP contribution in [0.25, 0.3) is 0 Å². The number of alkyl halides is 3. The number of carbonyl (C=O) groups is 1. The molecular formula is C24H26F3N5O2S2. The van der Waals surface area contributed by atoms with Crippen LogP contribution in [0.15, 0.2) is 30.6 Å². The lowest BCUT2D eigenvalue weighted by molar-refractivity contribution is -0.137. The predicted octanol–water partition coefficient (Wildman–Crippen LogP) is 6.05. The number of nitrogens with zero attached hydrogens (tertiary/aromatic N) is 3. The maximum Gasteiger partial charge on any atom is 0.416 e. The summed E-state index contributed by atoms with van der Waals surface area (Å²) in [6, 6.07) is 5.06. The average molecular weight is 538 g/mol. The largest absolute Gasteiger partial charge is 0.462 e. The number of ether oxygens (including phenoxy) is 1. The number of halogens is 3. The molecule has 4 rings (SSSR count). The molecule has 2 aromatic heterocycles. The molecule has 0 fully saturated rings.